The molecule has 1 aliphatic rings. The summed E-state index contributed by atoms with van der Waals surface area (Å²) < 4.78 is 0. The third-order valence-corrected chi connectivity index (χ3v) is 5.28. The molecule has 0 amide bonds. The minimum Gasteiger partial charge on any atom is -0.675 e. The largest absolute Gasteiger partial charge is 4.00 e. The second-order valence-electron chi connectivity index (χ2n) is 7.79. The Morgan fingerprint density at radius 2 is 1.21 bits per heavy atom. The fraction of sp³-hybridized carbons (Fsp3) is 0.720. The Morgan fingerprint density at radius 1 is 0.893 bits per heavy atom. The molecular weight excluding hydrogens is 390 g/mol. The van der Waals surface area contributed by atoms with Crippen molar-refractivity contribution in [3.05, 3.63) is 40.5 Å². The molecular formula is C25H47NSiTi. The van der Waals surface area contributed by atoms with Crippen LogP contribution in [-0.2, 0) is 21.7 Å². The Hall–Kier alpha value is 0.111. The first-order valence-corrected chi connectivity index (χ1v) is 11.8. The summed E-state index contributed by atoms with van der Waals surface area (Å²) in [5.41, 5.74) is 13.5. The minimum atomic E-state index is 0. The molecule has 0 radical (unpaired) electrons. The molecule has 28 heavy (non-hydrogen) atoms. The van der Waals surface area contributed by atoms with Gasteiger partial charge in [0.15, 0.2) is 0 Å². The Morgan fingerprint density at radius 3 is 1.43 bits per heavy atom. The predicted octanol–water partition coefficient (Wildman–Crippen LogP) is 7.51. The first-order valence-electron chi connectivity index (χ1n) is 11.0. The summed E-state index contributed by atoms with van der Waals surface area (Å²) in [6, 6.07) is 2.49. The van der Waals surface area contributed by atoms with Gasteiger partial charge in [-0.15, -0.1) is 6.04 Å². The van der Waals surface area contributed by atoms with E-state index in [-0.39, 0.29) is 27.8 Å². The summed E-state index contributed by atoms with van der Waals surface area (Å²) in [6.45, 7) is 12.7. The smallest absolute Gasteiger partial charge is 0.675 e. The van der Waals surface area contributed by atoms with E-state index < -0.39 is 0 Å². The summed E-state index contributed by atoms with van der Waals surface area (Å²) in [5.74, 6) is 0. The average Bonchev–Trinajstić information content (AvgIpc) is 2.87. The molecule has 1 aromatic carbocycles. The van der Waals surface area contributed by atoms with Crippen molar-refractivity contribution in [2.45, 2.75) is 118 Å². The van der Waals surface area contributed by atoms with E-state index in [0.29, 0.717) is 0 Å². The Balaban J connectivity index is -0.000000365. The van der Waals surface area contributed by atoms with Crippen LogP contribution in [0.2, 0.25) is 0 Å². The first-order chi connectivity index (χ1) is 12.9. The van der Waals surface area contributed by atoms with Crippen molar-refractivity contribution in [2.24, 2.45) is 0 Å². The Kier molecular flexibility index (Phi) is 27.4. The molecule has 0 saturated heterocycles. The topological polar surface area (TPSA) is 23.8 Å². The third kappa shape index (κ3) is 18.2. The summed E-state index contributed by atoms with van der Waals surface area (Å²) in [7, 11) is 1.36. The van der Waals surface area contributed by atoms with Crippen LogP contribution in [0.5, 0.6) is 0 Å². The van der Waals surface area contributed by atoms with Crippen LogP contribution in [0.4, 0.5) is 0 Å². The van der Waals surface area contributed by atoms with Gasteiger partial charge in [-0.2, -0.15) is 42.2 Å². The molecule has 3 heteroatoms. The summed E-state index contributed by atoms with van der Waals surface area (Å²) in [4.78, 5) is 0. The van der Waals surface area contributed by atoms with Gasteiger partial charge in [-0.3, -0.25) is 0 Å². The van der Waals surface area contributed by atoms with Crippen molar-refractivity contribution in [3.8, 4) is 0 Å². The average molecular weight is 438 g/mol. The number of hydrogen-bond donors (Lipinski definition) is 0. The standard InChI is InChI=1S/C12H24N.C9H13.C3H7.CH3Si.Ti/c13-12-10-8-6-4-2-1-3-5-7-9-11-12;1-6-5-7(2)9(4)8(6)3;1-3-2;1-2;/h12-13H,1-11H2;5H,1-4H3;3H,1-2H3;1H,2H2;/q4*-1;+4. The number of aryl methyl sites for hydroxylation is 2. The summed E-state index contributed by atoms with van der Waals surface area (Å²) in [5, 5.41) is 0. The van der Waals surface area contributed by atoms with E-state index in [4.69, 9.17) is 5.73 Å². The zero-order chi connectivity index (χ0) is 21.1. The molecule has 0 aromatic heterocycles. The van der Waals surface area contributed by atoms with E-state index in [1.807, 2.05) is 20.3 Å². The maximum absolute atomic E-state index is 7.80. The van der Waals surface area contributed by atoms with Crippen molar-refractivity contribution in [2.75, 3.05) is 0 Å². The van der Waals surface area contributed by atoms with Crippen molar-refractivity contribution >= 4 is 16.0 Å². The van der Waals surface area contributed by atoms with Crippen molar-refractivity contribution in [1.82, 2.24) is 0 Å². The third-order valence-electron chi connectivity index (χ3n) is 5.28. The first kappa shape index (κ1) is 32.8. The van der Waals surface area contributed by atoms with Crippen LogP contribution in [-0.4, -0.2) is 22.1 Å². The fourth-order valence-electron chi connectivity index (χ4n) is 3.30. The molecule has 1 saturated carbocycles. The fourth-order valence-corrected chi connectivity index (χ4v) is 3.30. The van der Waals surface area contributed by atoms with Gasteiger partial charge in [0.25, 0.3) is 0 Å². The predicted molar refractivity (Wildman–Crippen MR) is 130 cm³/mol. The zero-order valence-electron chi connectivity index (χ0n) is 19.8. The molecule has 0 bridgehead atoms. The van der Waals surface area contributed by atoms with Gasteiger partial charge in [0, 0.05) is 0 Å². The van der Waals surface area contributed by atoms with Crippen LogP contribution < -0.4 is 0 Å². The molecule has 1 nitrogen and oxygen atoms in total. The molecule has 1 N–H and O–H groups in total. The quantitative estimate of drug-likeness (QED) is 0.296. The molecule has 1 fully saturated rings. The van der Waals surface area contributed by atoms with Crippen LogP contribution in [0.1, 0.15) is 107 Å². The maximum atomic E-state index is 7.80. The summed E-state index contributed by atoms with van der Waals surface area (Å²) >= 11 is 0. The molecule has 1 aliphatic carbocycles. The van der Waals surface area contributed by atoms with Gasteiger partial charge in [0.2, 0.25) is 0 Å². The van der Waals surface area contributed by atoms with Crippen LogP contribution >= 0.6 is 0 Å². The molecule has 0 atom stereocenters. The molecule has 0 aliphatic heterocycles. The second-order valence-corrected chi connectivity index (χ2v) is 7.79. The van der Waals surface area contributed by atoms with Gasteiger partial charge in [-0.05, 0) is 0 Å². The van der Waals surface area contributed by atoms with E-state index in [2.05, 4.69) is 39.9 Å². The molecule has 1 aromatic rings. The van der Waals surface area contributed by atoms with E-state index in [9.17, 15) is 0 Å². The van der Waals surface area contributed by atoms with Gasteiger partial charge in [0.05, 0.1) is 0 Å². The molecule has 160 valence electrons. The van der Waals surface area contributed by atoms with Gasteiger partial charge in [0.1, 0.15) is 0 Å². The van der Waals surface area contributed by atoms with Crippen LogP contribution in [0.15, 0.2) is 6.07 Å². The van der Waals surface area contributed by atoms with Crippen molar-refractivity contribution in [3.63, 3.8) is 0 Å². The van der Waals surface area contributed by atoms with Crippen LogP contribution in [0.3, 0.4) is 0 Å². The van der Waals surface area contributed by atoms with Gasteiger partial charge >= 0.3 is 21.7 Å². The van der Waals surface area contributed by atoms with E-state index in [1.54, 1.807) is 0 Å². The minimum absolute atomic E-state index is 0. The summed E-state index contributed by atoms with van der Waals surface area (Å²) in [6.07, 6.45) is 21.3. The molecule has 2 rings (SSSR count). The monoisotopic (exact) mass is 437 g/mol. The second kappa shape index (κ2) is 23.4. The van der Waals surface area contributed by atoms with Gasteiger partial charge in [-0.25, -0.2) is 9.85 Å². The zero-order valence-corrected chi connectivity index (χ0v) is 22.8. The Labute approximate surface area is 195 Å². The van der Waals surface area contributed by atoms with Crippen molar-refractivity contribution in [1.29, 1.82) is 0 Å². The van der Waals surface area contributed by atoms with Gasteiger partial charge < -0.3 is 18.3 Å². The van der Waals surface area contributed by atoms with Crippen LogP contribution in [0, 0.1) is 34.1 Å². The van der Waals surface area contributed by atoms with E-state index in [1.165, 1.54) is 89.9 Å². The number of nitrogens with one attached hydrogen (secondary N) is 1. The molecule has 0 unspecified atom stereocenters. The Bertz CT molecular complexity index is 408. The van der Waals surface area contributed by atoms with Crippen molar-refractivity contribution < 1.29 is 21.7 Å². The number of rotatable bonds is 0. The molecule has 0 heterocycles. The van der Waals surface area contributed by atoms with Gasteiger partial charge in [-0.1, -0.05) is 98.3 Å². The number of hydrogen-bond acceptors (Lipinski definition) is 0. The van der Waals surface area contributed by atoms with E-state index in [0.717, 1.165) is 12.8 Å². The normalized spacial score (nSPS) is 15.5. The molecule has 0 spiro atoms. The van der Waals surface area contributed by atoms with E-state index >= 15 is 0 Å². The van der Waals surface area contributed by atoms with Crippen LogP contribution in [0.25, 0.3) is 5.73 Å². The SMILES string of the molecule is C[CH-]C.Cc1c[c-](C)c(C)c1C.[CH-]=[SiH2].[NH-]C1CCCCCCCCCCC1.[Ti+4]. The maximum Gasteiger partial charge on any atom is 4.00 e.